The molecule has 3 N–H and O–H groups in total. The number of aliphatic hydroxyl groups excluding tert-OH is 1. The first kappa shape index (κ1) is 16.4. The lowest BCUT2D eigenvalue weighted by Crippen LogP contribution is -2.41. The molecule has 0 aromatic carbocycles. The molecule has 0 aromatic rings. The zero-order chi connectivity index (χ0) is 14.1. The van der Waals surface area contributed by atoms with E-state index in [0.717, 1.165) is 25.8 Å². The smallest absolute Gasteiger partial charge is 0.234 e. The fourth-order valence-electron chi connectivity index (χ4n) is 3.00. The van der Waals surface area contributed by atoms with Crippen molar-refractivity contribution >= 4 is 5.91 Å². The van der Waals surface area contributed by atoms with Crippen molar-refractivity contribution in [3.63, 3.8) is 0 Å². The van der Waals surface area contributed by atoms with Crippen LogP contribution >= 0.6 is 0 Å². The highest BCUT2D eigenvalue weighted by Gasteiger charge is 2.24. The van der Waals surface area contributed by atoms with Gasteiger partial charge in [0, 0.05) is 12.6 Å². The molecule has 0 aliphatic heterocycles. The van der Waals surface area contributed by atoms with Crippen LogP contribution in [0.15, 0.2) is 0 Å². The topological polar surface area (TPSA) is 61.4 Å². The fourth-order valence-corrected chi connectivity index (χ4v) is 3.00. The third kappa shape index (κ3) is 6.39. The molecule has 1 saturated carbocycles. The molecule has 1 amide bonds. The molecular formula is C15H30N2O2. The molecule has 0 spiro atoms. The minimum atomic E-state index is 0.0808. The summed E-state index contributed by atoms with van der Waals surface area (Å²) in [4.78, 5) is 11.7. The molecule has 0 saturated heterocycles. The van der Waals surface area contributed by atoms with Crippen LogP contribution in [0.25, 0.3) is 0 Å². The Morgan fingerprint density at radius 1 is 1.32 bits per heavy atom. The van der Waals surface area contributed by atoms with Gasteiger partial charge in [-0.3, -0.25) is 4.79 Å². The highest BCUT2D eigenvalue weighted by Crippen LogP contribution is 2.28. The molecule has 112 valence electrons. The van der Waals surface area contributed by atoms with Gasteiger partial charge in [0.05, 0.1) is 6.54 Å². The molecule has 1 aliphatic carbocycles. The van der Waals surface area contributed by atoms with E-state index in [1.54, 1.807) is 0 Å². The van der Waals surface area contributed by atoms with Gasteiger partial charge in [0.25, 0.3) is 0 Å². The van der Waals surface area contributed by atoms with Crippen molar-refractivity contribution in [3.05, 3.63) is 0 Å². The third-order valence-corrected chi connectivity index (χ3v) is 4.12. The Balaban J connectivity index is 2.16. The van der Waals surface area contributed by atoms with E-state index in [0.29, 0.717) is 18.4 Å². The summed E-state index contributed by atoms with van der Waals surface area (Å²) in [6.07, 6.45) is 6.91. The Bertz CT molecular complexity index is 259. The molecule has 0 radical (unpaired) electrons. The van der Waals surface area contributed by atoms with Crippen LogP contribution in [-0.2, 0) is 4.79 Å². The van der Waals surface area contributed by atoms with E-state index in [9.17, 15) is 9.90 Å². The van der Waals surface area contributed by atoms with E-state index >= 15 is 0 Å². The summed E-state index contributed by atoms with van der Waals surface area (Å²) >= 11 is 0. The van der Waals surface area contributed by atoms with Gasteiger partial charge in [-0.25, -0.2) is 0 Å². The number of rotatable bonds is 8. The SMILES string of the molecule is CCCC(C)NC(=O)CNCC1CCCCC1CO. The van der Waals surface area contributed by atoms with Gasteiger partial charge in [-0.1, -0.05) is 26.2 Å². The number of hydrogen-bond donors (Lipinski definition) is 3. The van der Waals surface area contributed by atoms with Gasteiger partial charge >= 0.3 is 0 Å². The predicted octanol–water partition coefficient (Wildman–Crippen LogP) is 1.68. The van der Waals surface area contributed by atoms with Gasteiger partial charge in [0.15, 0.2) is 0 Å². The number of hydrogen-bond acceptors (Lipinski definition) is 3. The molecule has 19 heavy (non-hydrogen) atoms. The van der Waals surface area contributed by atoms with Crippen LogP contribution in [0.1, 0.15) is 52.4 Å². The van der Waals surface area contributed by atoms with Crippen LogP contribution in [0, 0.1) is 11.8 Å². The number of aliphatic hydroxyl groups is 1. The van der Waals surface area contributed by atoms with Gasteiger partial charge in [0.1, 0.15) is 0 Å². The average molecular weight is 270 g/mol. The molecule has 1 aliphatic rings. The number of carbonyl (C=O) groups excluding carboxylic acids is 1. The van der Waals surface area contributed by atoms with Crippen LogP contribution in [0.2, 0.25) is 0 Å². The van der Waals surface area contributed by atoms with Crippen LogP contribution < -0.4 is 10.6 Å². The van der Waals surface area contributed by atoms with Crippen molar-refractivity contribution in [3.8, 4) is 0 Å². The number of nitrogens with one attached hydrogen (secondary N) is 2. The predicted molar refractivity (Wildman–Crippen MR) is 77.9 cm³/mol. The van der Waals surface area contributed by atoms with Crippen molar-refractivity contribution < 1.29 is 9.90 Å². The normalized spacial score (nSPS) is 25.0. The Morgan fingerprint density at radius 2 is 2.00 bits per heavy atom. The first-order valence-electron chi connectivity index (χ1n) is 7.78. The maximum atomic E-state index is 11.7. The van der Waals surface area contributed by atoms with Crippen molar-refractivity contribution in [2.24, 2.45) is 11.8 Å². The lowest BCUT2D eigenvalue weighted by molar-refractivity contribution is -0.120. The lowest BCUT2D eigenvalue weighted by atomic mass is 9.79. The quantitative estimate of drug-likeness (QED) is 0.629. The molecule has 0 aromatic heterocycles. The third-order valence-electron chi connectivity index (χ3n) is 4.12. The zero-order valence-electron chi connectivity index (χ0n) is 12.5. The van der Waals surface area contributed by atoms with Gasteiger partial charge in [-0.05, 0) is 44.6 Å². The largest absolute Gasteiger partial charge is 0.396 e. The van der Waals surface area contributed by atoms with Gasteiger partial charge in [-0.2, -0.15) is 0 Å². The minimum absolute atomic E-state index is 0.0808. The summed E-state index contributed by atoms with van der Waals surface area (Å²) in [5, 5.41) is 15.6. The maximum Gasteiger partial charge on any atom is 0.234 e. The van der Waals surface area contributed by atoms with Crippen LogP contribution in [0.5, 0.6) is 0 Å². The van der Waals surface area contributed by atoms with E-state index in [2.05, 4.69) is 17.6 Å². The van der Waals surface area contributed by atoms with Crippen LogP contribution in [0.3, 0.4) is 0 Å². The molecule has 1 rings (SSSR count). The van der Waals surface area contributed by atoms with Crippen molar-refractivity contribution in [1.82, 2.24) is 10.6 Å². The van der Waals surface area contributed by atoms with E-state index in [1.165, 1.54) is 19.3 Å². The molecule has 0 bridgehead atoms. The van der Waals surface area contributed by atoms with Crippen molar-refractivity contribution in [2.45, 2.75) is 58.4 Å². The summed E-state index contributed by atoms with van der Waals surface area (Å²) < 4.78 is 0. The maximum absolute atomic E-state index is 11.7. The van der Waals surface area contributed by atoms with Crippen molar-refractivity contribution in [1.29, 1.82) is 0 Å². The van der Waals surface area contributed by atoms with Gasteiger partial charge in [-0.15, -0.1) is 0 Å². The second-order valence-corrected chi connectivity index (χ2v) is 5.88. The molecule has 4 heteroatoms. The molecule has 4 nitrogen and oxygen atoms in total. The highest BCUT2D eigenvalue weighted by atomic mass is 16.3. The monoisotopic (exact) mass is 270 g/mol. The van der Waals surface area contributed by atoms with Crippen molar-refractivity contribution in [2.75, 3.05) is 19.7 Å². The minimum Gasteiger partial charge on any atom is -0.396 e. The first-order chi connectivity index (χ1) is 9.17. The molecule has 3 atom stereocenters. The van der Waals surface area contributed by atoms with Crippen LogP contribution in [0.4, 0.5) is 0 Å². The fraction of sp³-hybridized carbons (Fsp3) is 0.933. The summed E-state index contributed by atoms with van der Waals surface area (Å²) in [5.41, 5.74) is 0. The number of amides is 1. The molecule has 0 heterocycles. The number of carbonyl (C=O) groups is 1. The zero-order valence-corrected chi connectivity index (χ0v) is 12.5. The molecule has 3 unspecified atom stereocenters. The van der Waals surface area contributed by atoms with E-state index in [1.807, 2.05) is 6.92 Å². The summed E-state index contributed by atoms with van der Waals surface area (Å²) in [6.45, 7) is 5.69. The first-order valence-corrected chi connectivity index (χ1v) is 7.78. The second-order valence-electron chi connectivity index (χ2n) is 5.88. The highest BCUT2D eigenvalue weighted by molar-refractivity contribution is 5.78. The second kappa shape index (κ2) is 9.32. The summed E-state index contributed by atoms with van der Waals surface area (Å²) in [6, 6.07) is 0.263. The Kier molecular flexibility index (Phi) is 8.07. The van der Waals surface area contributed by atoms with Gasteiger partial charge in [0.2, 0.25) is 5.91 Å². The standard InChI is InChI=1S/C15H30N2O2/c1-3-6-12(2)17-15(19)10-16-9-13-7-4-5-8-14(13)11-18/h12-14,16,18H,3-11H2,1-2H3,(H,17,19). The summed E-state index contributed by atoms with van der Waals surface area (Å²) in [7, 11) is 0. The Labute approximate surface area is 117 Å². The van der Waals surface area contributed by atoms with E-state index in [4.69, 9.17) is 0 Å². The van der Waals surface area contributed by atoms with Crippen LogP contribution in [-0.4, -0.2) is 36.8 Å². The van der Waals surface area contributed by atoms with Gasteiger partial charge < -0.3 is 15.7 Å². The Morgan fingerprint density at radius 3 is 2.63 bits per heavy atom. The summed E-state index contributed by atoms with van der Waals surface area (Å²) in [5.74, 6) is 1.03. The molecule has 1 fully saturated rings. The van der Waals surface area contributed by atoms with E-state index in [-0.39, 0.29) is 18.6 Å². The molecular weight excluding hydrogens is 240 g/mol. The lowest BCUT2D eigenvalue weighted by Gasteiger charge is -2.30. The Hall–Kier alpha value is -0.610. The average Bonchev–Trinajstić information content (AvgIpc) is 2.39. The van der Waals surface area contributed by atoms with E-state index < -0.39 is 0 Å².